The lowest BCUT2D eigenvalue weighted by Gasteiger charge is -2.52. The maximum Gasteiger partial charge on any atom is 0.208 e. The summed E-state index contributed by atoms with van der Waals surface area (Å²) in [5.74, 6) is 0.300. The zero-order valence-electron chi connectivity index (χ0n) is 13.2. The van der Waals surface area contributed by atoms with E-state index in [1.165, 1.54) is 16.0 Å². The van der Waals surface area contributed by atoms with Crippen molar-refractivity contribution in [1.82, 2.24) is 9.62 Å². The fourth-order valence-electron chi connectivity index (χ4n) is 3.27. The molecule has 2 aliphatic heterocycles. The zero-order valence-corrected chi connectivity index (χ0v) is 14.8. The van der Waals surface area contributed by atoms with Crippen molar-refractivity contribution in [2.75, 3.05) is 32.5 Å². The second-order valence-electron chi connectivity index (χ2n) is 6.68. The Labute approximate surface area is 136 Å². The second kappa shape index (κ2) is 6.20. The molecule has 0 amide bonds. The maximum atomic E-state index is 11.1. The van der Waals surface area contributed by atoms with E-state index < -0.39 is 10.0 Å². The van der Waals surface area contributed by atoms with Crippen LogP contribution in [0.2, 0.25) is 0 Å². The largest absolute Gasteiger partial charge is 0.372 e. The maximum absolute atomic E-state index is 11.1. The van der Waals surface area contributed by atoms with E-state index >= 15 is 0 Å². The van der Waals surface area contributed by atoms with Gasteiger partial charge in [0.25, 0.3) is 0 Å². The minimum Gasteiger partial charge on any atom is -0.372 e. The first kappa shape index (κ1) is 16.4. The number of hydrogen-bond donors (Lipinski definition) is 1. The monoisotopic (exact) mass is 344 g/mol. The van der Waals surface area contributed by atoms with Crippen molar-refractivity contribution >= 4 is 21.4 Å². The Bertz CT molecular complexity index is 610. The Hall–Kier alpha value is -0.470. The highest BCUT2D eigenvalue weighted by molar-refractivity contribution is 7.88. The van der Waals surface area contributed by atoms with Gasteiger partial charge >= 0.3 is 0 Å². The predicted octanol–water partition coefficient (Wildman–Crippen LogP) is 1.59. The molecule has 7 heteroatoms. The Morgan fingerprint density at radius 3 is 2.77 bits per heavy atom. The summed E-state index contributed by atoms with van der Waals surface area (Å²) in [6.07, 6.45) is 3.27. The van der Waals surface area contributed by atoms with Crippen molar-refractivity contribution in [3.63, 3.8) is 0 Å². The van der Waals surface area contributed by atoms with Crippen LogP contribution in [0.3, 0.4) is 0 Å². The third-order valence-corrected chi connectivity index (χ3v) is 6.14. The van der Waals surface area contributed by atoms with Gasteiger partial charge in [-0.1, -0.05) is 0 Å². The fraction of sp³-hybridized carbons (Fsp3) is 0.733. The Kier molecular flexibility index (Phi) is 4.62. The molecule has 0 saturated carbocycles. The molecule has 22 heavy (non-hydrogen) atoms. The van der Waals surface area contributed by atoms with Gasteiger partial charge in [0.1, 0.15) is 0 Å². The van der Waals surface area contributed by atoms with Crippen molar-refractivity contribution in [1.29, 1.82) is 0 Å². The van der Waals surface area contributed by atoms with Crippen molar-refractivity contribution in [2.45, 2.75) is 31.9 Å². The van der Waals surface area contributed by atoms with Gasteiger partial charge in [-0.25, -0.2) is 13.1 Å². The van der Waals surface area contributed by atoms with Crippen LogP contribution in [0.25, 0.3) is 0 Å². The van der Waals surface area contributed by atoms with E-state index in [-0.39, 0.29) is 5.60 Å². The molecule has 1 atom stereocenters. The number of likely N-dealkylation sites (tertiary alicyclic amines) is 1. The molecule has 1 unspecified atom stereocenters. The van der Waals surface area contributed by atoms with E-state index in [9.17, 15) is 8.42 Å². The van der Waals surface area contributed by atoms with Gasteiger partial charge in [0.05, 0.1) is 18.5 Å². The van der Waals surface area contributed by atoms with E-state index in [1.54, 1.807) is 0 Å². The quantitative estimate of drug-likeness (QED) is 0.881. The SMILES string of the molecule is Cc1ccc(CN2CC3(CCC(CNS(C)(=O)=O)CO3)C2)s1. The summed E-state index contributed by atoms with van der Waals surface area (Å²) in [5, 5.41) is 0. The van der Waals surface area contributed by atoms with Crippen molar-refractivity contribution in [3.05, 3.63) is 21.9 Å². The van der Waals surface area contributed by atoms with E-state index in [2.05, 4.69) is 28.7 Å². The lowest BCUT2D eigenvalue weighted by molar-refractivity contribution is -0.180. The molecule has 1 N–H and O–H groups in total. The fourth-order valence-corrected chi connectivity index (χ4v) is 4.74. The Morgan fingerprint density at radius 2 is 2.23 bits per heavy atom. The van der Waals surface area contributed by atoms with Crippen LogP contribution in [0.4, 0.5) is 0 Å². The molecule has 0 radical (unpaired) electrons. The number of hydrogen-bond acceptors (Lipinski definition) is 5. The molecule has 2 saturated heterocycles. The smallest absolute Gasteiger partial charge is 0.208 e. The first-order chi connectivity index (χ1) is 10.3. The zero-order chi connectivity index (χ0) is 15.8. The molecule has 1 aromatic heterocycles. The second-order valence-corrected chi connectivity index (χ2v) is 9.88. The third-order valence-electron chi connectivity index (χ3n) is 4.47. The van der Waals surface area contributed by atoms with Gasteiger partial charge in [0, 0.05) is 35.9 Å². The van der Waals surface area contributed by atoms with E-state index in [0.29, 0.717) is 19.1 Å². The van der Waals surface area contributed by atoms with Gasteiger partial charge < -0.3 is 4.74 Å². The van der Waals surface area contributed by atoms with Gasteiger partial charge in [0.2, 0.25) is 10.0 Å². The predicted molar refractivity (Wildman–Crippen MR) is 88.6 cm³/mol. The molecule has 1 spiro atoms. The lowest BCUT2D eigenvalue weighted by atomic mass is 9.83. The van der Waals surface area contributed by atoms with E-state index in [0.717, 1.165) is 32.5 Å². The lowest BCUT2D eigenvalue weighted by Crippen LogP contribution is -2.64. The minimum atomic E-state index is -3.10. The van der Waals surface area contributed by atoms with Gasteiger partial charge in [-0.2, -0.15) is 0 Å². The molecular formula is C15H24N2O3S2. The number of aryl methyl sites for hydroxylation is 1. The first-order valence-electron chi connectivity index (χ1n) is 7.70. The van der Waals surface area contributed by atoms with E-state index in [1.807, 2.05) is 11.3 Å². The molecule has 2 fully saturated rings. The Balaban J connectivity index is 1.41. The summed E-state index contributed by atoms with van der Waals surface area (Å²) in [6.45, 7) is 6.30. The summed E-state index contributed by atoms with van der Waals surface area (Å²) in [6, 6.07) is 4.38. The number of nitrogens with one attached hydrogen (secondary N) is 1. The molecule has 2 aliphatic rings. The highest BCUT2D eigenvalue weighted by atomic mass is 32.2. The number of nitrogens with zero attached hydrogens (tertiary/aromatic N) is 1. The molecule has 5 nitrogen and oxygen atoms in total. The average molecular weight is 345 g/mol. The Morgan fingerprint density at radius 1 is 1.45 bits per heavy atom. The molecule has 124 valence electrons. The molecule has 1 aromatic rings. The molecule has 3 heterocycles. The van der Waals surface area contributed by atoms with Crippen molar-refractivity contribution in [3.8, 4) is 0 Å². The van der Waals surface area contributed by atoms with Gasteiger partial charge in [-0.15, -0.1) is 11.3 Å². The number of ether oxygens (including phenoxy) is 1. The van der Waals surface area contributed by atoms with Crippen LogP contribution in [0.1, 0.15) is 22.6 Å². The molecule has 0 aliphatic carbocycles. The summed E-state index contributed by atoms with van der Waals surface area (Å²) in [7, 11) is -3.10. The van der Waals surface area contributed by atoms with Crippen LogP contribution in [0, 0.1) is 12.8 Å². The van der Waals surface area contributed by atoms with Gasteiger partial charge in [-0.05, 0) is 37.8 Å². The van der Waals surface area contributed by atoms with E-state index in [4.69, 9.17) is 4.74 Å². The highest BCUT2D eigenvalue weighted by Crippen LogP contribution is 2.37. The normalized spacial score (nSPS) is 25.3. The van der Waals surface area contributed by atoms with Crippen molar-refractivity contribution in [2.24, 2.45) is 5.92 Å². The minimum absolute atomic E-state index is 0.0217. The van der Waals surface area contributed by atoms with Crippen LogP contribution >= 0.6 is 11.3 Å². The standard InChI is InChI=1S/C15H24N2O3S2/c1-12-3-4-14(21-12)8-17-10-15(11-17)6-5-13(9-20-15)7-16-22(2,18)19/h3-4,13,16H,5-11H2,1-2H3. The summed E-state index contributed by atoms with van der Waals surface area (Å²) < 4.78 is 30.9. The first-order valence-corrected chi connectivity index (χ1v) is 10.4. The van der Waals surface area contributed by atoms with Crippen LogP contribution in [0.15, 0.2) is 12.1 Å². The molecule has 0 aromatic carbocycles. The molecular weight excluding hydrogens is 320 g/mol. The van der Waals surface area contributed by atoms with Gasteiger partial charge in [-0.3, -0.25) is 4.90 Å². The molecule has 0 bridgehead atoms. The van der Waals surface area contributed by atoms with Crippen LogP contribution in [0.5, 0.6) is 0 Å². The number of sulfonamides is 1. The average Bonchev–Trinajstić information content (AvgIpc) is 2.81. The summed E-state index contributed by atoms with van der Waals surface area (Å²) in [5.41, 5.74) is 0.0217. The summed E-state index contributed by atoms with van der Waals surface area (Å²) in [4.78, 5) is 5.21. The number of thiophene rings is 1. The van der Waals surface area contributed by atoms with Crippen molar-refractivity contribution < 1.29 is 13.2 Å². The third kappa shape index (κ3) is 4.08. The van der Waals surface area contributed by atoms with Crippen LogP contribution in [-0.2, 0) is 21.3 Å². The van der Waals surface area contributed by atoms with Crippen LogP contribution in [-0.4, -0.2) is 51.4 Å². The summed E-state index contributed by atoms with van der Waals surface area (Å²) >= 11 is 1.86. The van der Waals surface area contributed by atoms with Gasteiger partial charge in [0.15, 0.2) is 0 Å². The van der Waals surface area contributed by atoms with Crippen LogP contribution < -0.4 is 4.72 Å². The number of rotatable bonds is 5. The highest BCUT2D eigenvalue weighted by Gasteiger charge is 2.46. The topological polar surface area (TPSA) is 58.6 Å². The molecule has 3 rings (SSSR count).